The van der Waals surface area contributed by atoms with Gasteiger partial charge in [-0.1, -0.05) is 18.2 Å². The monoisotopic (exact) mass is 287 g/mol. The maximum Gasteiger partial charge on any atom is 0.243 e. The summed E-state index contributed by atoms with van der Waals surface area (Å²) in [6.07, 6.45) is 0. The van der Waals surface area contributed by atoms with Gasteiger partial charge in [0.05, 0.1) is 0 Å². The number of halogens is 3. The summed E-state index contributed by atoms with van der Waals surface area (Å²) in [5, 5.41) is 4.74. The van der Waals surface area contributed by atoms with Gasteiger partial charge in [0.15, 0.2) is 10.7 Å². The molecule has 0 radical (unpaired) electrons. The third-order valence-corrected chi connectivity index (χ3v) is 3.44. The molecule has 0 unspecified atom stereocenters. The van der Waals surface area contributed by atoms with Crippen molar-refractivity contribution in [2.45, 2.75) is 4.90 Å². The van der Waals surface area contributed by atoms with Crippen LogP contribution >= 0.6 is 0 Å². The molecule has 0 fully saturated rings. The number of rotatable bonds is 2. The first-order valence-electron chi connectivity index (χ1n) is 5.08. The molecule has 2 rings (SSSR count). The third kappa shape index (κ3) is 2.47. The van der Waals surface area contributed by atoms with Gasteiger partial charge >= 0.3 is 0 Å². The van der Waals surface area contributed by atoms with Gasteiger partial charge in [0.1, 0.15) is 11.6 Å². The van der Waals surface area contributed by atoms with Crippen LogP contribution in [-0.4, -0.2) is 8.42 Å². The predicted octanol–water partition coefficient (Wildman–Crippen LogP) is 2.42. The van der Waals surface area contributed by atoms with Crippen LogP contribution in [0, 0.1) is 17.5 Å². The van der Waals surface area contributed by atoms with Crippen molar-refractivity contribution in [1.82, 2.24) is 0 Å². The zero-order valence-electron chi connectivity index (χ0n) is 9.40. The summed E-state index contributed by atoms with van der Waals surface area (Å²) in [6, 6.07) is 6.84. The fourth-order valence-corrected chi connectivity index (χ4v) is 2.38. The Balaban J connectivity index is 2.79. The maximum atomic E-state index is 14.0. The predicted molar refractivity (Wildman–Crippen MR) is 63.1 cm³/mol. The van der Waals surface area contributed by atoms with E-state index in [0.717, 1.165) is 18.2 Å². The van der Waals surface area contributed by atoms with Crippen molar-refractivity contribution in [3.05, 3.63) is 53.8 Å². The molecule has 0 aliphatic rings. The van der Waals surface area contributed by atoms with Crippen molar-refractivity contribution in [3.8, 4) is 11.1 Å². The molecule has 0 saturated heterocycles. The van der Waals surface area contributed by atoms with Gasteiger partial charge in [0, 0.05) is 11.1 Å². The maximum absolute atomic E-state index is 14.0. The number of nitrogens with two attached hydrogens (primary N) is 1. The van der Waals surface area contributed by atoms with Crippen LogP contribution in [0.5, 0.6) is 0 Å². The quantitative estimate of drug-likeness (QED) is 0.922. The van der Waals surface area contributed by atoms with Crippen LogP contribution in [0.1, 0.15) is 0 Å². The molecule has 0 aromatic heterocycles. The molecule has 0 aliphatic carbocycles. The van der Waals surface area contributed by atoms with Crippen LogP contribution in [-0.2, 0) is 10.0 Å². The molecule has 2 N–H and O–H groups in total. The van der Waals surface area contributed by atoms with Crippen LogP contribution in [0.4, 0.5) is 13.2 Å². The second kappa shape index (κ2) is 4.67. The lowest BCUT2D eigenvalue weighted by Crippen LogP contribution is -2.16. The number of sulfonamides is 1. The van der Waals surface area contributed by atoms with Crippen LogP contribution in [0.15, 0.2) is 41.3 Å². The number of hydrogen-bond acceptors (Lipinski definition) is 2. The number of benzene rings is 2. The van der Waals surface area contributed by atoms with Gasteiger partial charge in [-0.25, -0.2) is 26.7 Å². The van der Waals surface area contributed by atoms with Gasteiger partial charge in [0.2, 0.25) is 10.0 Å². The number of hydrogen-bond donors (Lipinski definition) is 1. The zero-order valence-corrected chi connectivity index (χ0v) is 10.2. The Bertz CT molecular complexity index is 745. The van der Waals surface area contributed by atoms with Gasteiger partial charge in [-0.15, -0.1) is 0 Å². The van der Waals surface area contributed by atoms with E-state index in [4.69, 9.17) is 5.14 Å². The summed E-state index contributed by atoms with van der Waals surface area (Å²) in [6.45, 7) is 0. The van der Waals surface area contributed by atoms with Gasteiger partial charge in [-0.3, -0.25) is 0 Å². The lowest BCUT2D eigenvalue weighted by Gasteiger charge is -2.09. The molecule has 2 aromatic carbocycles. The average molecular weight is 287 g/mol. The van der Waals surface area contributed by atoms with Gasteiger partial charge in [-0.05, 0) is 18.2 Å². The van der Waals surface area contributed by atoms with Crippen molar-refractivity contribution in [3.63, 3.8) is 0 Å². The summed E-state index contributed by atoms with van der Waals surface area (Å²) in [4.78, 5) is -1.27. The Morgan fingerprint density at radius 2 is 1.47 bits per heavy atom. The first-order chi connectivity index (χ1) is 8.82. The summed E-state index contributed by atoms with van der Waals surface area (Å²) in [5.41, 5.74) is -0.548. The van der Waals surface area contributed by atoms with Crippen molar-refractivity contribution in [1.29, 1.82) is 0 Å². The molecule has 100 valence electrons. The molecule has 0 atom stereocenters. The van der Waals surface area contributed by atoms with Crippen LogP contribution < -0.4 is 5.14 Å². The van der Waals surface area contributed by atoms with E-state index in [-0.39, 0.29) is 11.1 Å². The highest BCUT2D eigenvalue weighted by Gasteiger charge is 2.24. The van der Waals surface area contributed by atoms with Crippen molar-refractivity contribution >= 4 is 10.0 Å². The van der Waals surface area contributed by atoms with Gasteiger partial charge in [-0.2, -0.15) is 0 Å². The second-order valence-electron chi connectivity index (χ2n) is 3.76. The smallest absolute Gasteiger partial charge is 0.224 e. The molecule has 19 heavy (non-hydrogen) atoms. The molecule has 0 bridgehead atoms. The Morgan fingerprint density at radius 1 is 0.842 bits per heavy atom. The Labute approximate surface area is 107 Å². The fraction of sp³-hybridized carbons (Fsp3) is 0. The summed E-state index contributed by atoms with van der Waals surface area (Å²) in [7, 11) is -4.58. The van der Waals surface area contributed by atoms with E-state index >= 15 is 0 Å². The highest BCUT2D eigenvalue weighted by molar-refractivity contribution is 7.89. The molecule has 0 heterocycles. The van der Waals surface area contributed by atoms with Gasteiger partial charge in [0.25, 0.3) is 0 Å². The topological polar surface area (TPSA) is 60.2 Å². The summed E-state index contributed by atoms with van der Waals surface area (Å²) >= 11 is 0. The largest absolute Gasteiger partial charge is 0.243 e. The Kier molecular flexibility index (Phi) is 3.34. The molecule has 7 heteroatoms. The summed E-state index contributed by atoms with van der Waals surface area (Å²) in [5.74, 6) is -3.49. The highest BCUT2D eigenvalue weighted by Crippen LogP contribution is 2.30. The average Bonchev–Trinajstić information content (AvgIpc) is 2.29. The number of primary sulfonamides is 1. The highest BCUT2D eigenvalue weighted by atomic mass is 32.2. The van der Waals surface area contributed by atoms with Crippen molar-refractivity contribution in [2.24, 2.45) is 5.14 Å². The lowest BCUT2D eigenvalue weighted by atomic mass is 10.0. The molecular formula is C12H8F3NO2S. The standard InChI is InChI=1S/C12H8F3NO2S/c13-9-4-2-1-3-7(9)8-5-6-10(14)12(11(8)15)19(16,17)18/h1-6H,(H2,16,17,18). The van der Waals surface area contributed by atoms with Crippen LogP contribution in [0.2, 0.25) is 0 Å². The molecule has 0 amide bonds. The first-order valence-corrected chi connectivity index (χ1v) is 6.62. The third-order valence-electron chi connectivity index (χ3n) is 2.50. The summed E-state index contributed by atoms with van der Waals surface area (Å²) < 4.78 is 63.2. The van der Waals surface area contributed by atoms with E-state index in [9.17, 15) is 21.6 Å². The van der Waals surface area contributed by atoms with Crippen LogP contribution in [0.3, 0.4) is 0 Å². The Morgan fingerprint density at radius 3 is 2.05 bits per heavy atom. The molecule has 0 saturated carbocycles. The van der Waals surface area contributed by atoms with E-state index < -0.39 is 32.4 Å². The van der Waals surface area contributed by atoms with E-state index in [1.807, 2.05) is 0 Å². The minimum atomic E-state index is -4.58. The van der Waals surface area contributed by atoms with Crippen molar-refractivity contribution in [2.75, 3.05) is 0 Å². The van der Waals surface area contributed by atoms with Crippen LogP contribution in [0.25, 0.3) is 11.1 Å². The molecule has 3 nitrogen and oxygen atoms in total. The van der Waals surface area contributed by atoms with E-state index in [0.29, 0.717) is 0 Å². The minimum Gasteiger partial charge on any atom is -0.224 e. The minimum absolute atomic E-state index is 0.176. The van der Waals surface area contributed by atoms with Crippen molar-refractivity contribution < 1.29 is 21.6 Å². The van der Waals surface area contributed by atoms with E-state index in [2.05, 4.69) is 0 Å². The Hall–Kier alpha value is -1.86. The zero-order chi connectivity index (χ0) is 14.2. The lowest BCUT2D eigenvalue weighted by molar-refractivity contribution is 0.520. The normalized spacial score (nSPS) is 11.6. The molecule has 0 spiro atoms. The molecule has 0 aliphatic heterocycles. The van der Waals surface area contributed by atoms with E-state index in [1.165, 1.54) is 18.2 Å². The fourth-order valence-electron chi connectivity index (χ4n) is 1.68. The SMILES string of the molecule is NS(=O)(=O)c1c(F)ccc(-c2ccccc2F)c1F. The second-order valence-corrected chi connectivity index (χ2v) is 5.26. The molecular weight excluding hydrogens is 279 g/mol. The van der Waals surface area contributed by atoms with Gasteiger partial charge < -0.3 is 0 Å². The van der Waals surface area contributed by atoms with E-state index in [1.54, 1.807) is 0 Å². The molecule has 2 aromatic rings. The first kappa shape index (κ1) is 13.6.